The van der Waals surface area contributed by atoms with Crippen LogP contribution >= 0.6 is 0 Å². The van der Waals surface area contributed by atoms with Gasteiger partial charge in [0.05, 0.1) is 17.3 Å². The largest absolute Gasteiger partial charge is 0.369 e. The molecule has 5 N–H and O–H groups in total. The molecule has 2 aromatic rings. The Kier molecular flexibility index (Phi) is 5.14. The number of carbonyl (C=O) groups is 1. The number of nitrogens with one attached hydrogen (secondary N) is 1. The van der Waals surface area contributed by atoms with Crippen LogP contribution in [-0.4, -0.2) is 62.1 Å². The Morgan fingerprint density at radius 1 is 1.28 bits per heavy atom. The molecule has 8 nitrogen and oxygen atoms in total. The fourth-order valence-corrected chi connectivity index (χ4v) is 5.05. The number of nitrogens with two attached hydrogens (primary N) is 2. The van der Waals surface area contributed by atoms with E-state index in [9.17, 15) is 13.2 Å². The first-order chi connectivity index (χ1) is 13.7. The van der Waals surface area contributed by atoms with Gasteiger partial charge in [-0.15, -0.1) is 0 Å². The third-order valence-electron chi connectivity index (χ3n) is 5.82. The summed E-state index contributed by atoms with van der Waals surface area (Å²) in [6.07, 6.45) is 5.81. The number of hydrogen-bond donors (Lipinski definition) is 3. The van der Waals surface area contributed by atoms with E-state index in [0.717, 1.165) is 53.8 Å². The summed E-state index contributed by atoms with van der Waals surface area (Å²) in [4.78, 5) is 17.6. The standard InChI is InChI=1S/C20H27N5O3S/c1-29(27,28)25-9-6-13(7-10-25)17-11-16-18(24-8-2-3-14(21)12-24)5-4-15(20(22)26)19(16)23-17/h4-6,11,14,23H,2-3,7-10,12,21H2,1H3,(H2,22,26)/t14-/m1/s1. The average molecular weight is 418 g/mol. The Bertz CT molecular complexity index is 1090. The fourth-order valence-electron chi connectivity index (χ4n) is 4.28. The monoisotopic (exact) mass is 417 g/mol. The SMILES string of the molecule is CS(=O)(=O)N1CC=C(c2cc3c(N4CCC[C@@H](N)C4)ccc(C(N)=O)c3[nH]2)CC1. The molecule has 1 aromatic heterocycles. The second-order valence-electron chi connectivity index (χ2n) is 7.92. The van der Waals surface area contributed by atoms with Crippen LogP contribution < -0.4 is 16.4 Å². The normalized spacial score (nSPS) is 21.4. The number of anilines is 1. The molecule has 29 heavy (non-hydrogen) atoms. The zero-order chi connectivity index (χ0) is 20.8. The lowest BCUT2D eigenvalue weighted by atomic mass is 10.0. The van der Waals surface area contributed by atoms with Crippen LogP contribution in [0, 0.1) is 0 Å². The van der Waals surface area contributed by atoms with E-state index >= 15 is 0 Å². The molecule has 0 radical (unpaired) electrons. The van der Waals surface area contributed by atoms with Crippen molar-refractivity contribution in [1.82, 2.24) is 9.29 Å². The molecule has 1 fully saturated rings. The van der Waals surface area contributed by atoms with Gasteiger partial charge in [-0.25, -0.2) is 8.42 Å². The topological polar surface area (TPSA) is 126 Å². The zero-order valence-corrected chi connectivity index (χ0v) is 17.3. The average Bonchev–Trinajstić information content (AvgIpc) is 3.11. The number of piperidine rings is 1. The summed E-state index contributed by atoms with van der Waals surface area (Å²) in [7, 11) is -3.20. The van der Waals surface area contributed by atoms with Gasteiger partial charge in [0.2, 0.25) is 10.0 Å². The van der Waals surface area contributed by atoms with Gasteiger partial charge in [0, 0.05) is 49.0 Å². The van der Waals surface area contributed by atoms with Gasteiger partial charge in [-0.3, -0.25) is 4.79 Å². The number of sulfonamides is 1. The van der Waals surface area contributed by atoms with Crippen molar-refractivity contribution >= 4 is 38.1 Å². The maximum atomic E-state index is 12.0. The first kappa shape index (κ1) is 19.9. The Labute approximate surface area is 170 Å². The maximum Gasteiger partial charge on any atom is 0.250 e. The minimum atomic E-state index is -3.20. The van der Waals surface area contributed by atoms with Gasteiger partial charge in [0.25, 0.3) is 5.91 Å². The fraction of sp³-hybridized carbons (Fsp3) is 0.450. The summed E-state index contributed by atoms with van der Waals surface area (Å²) in [5.74, 6) is -0.480. The highest BCUT2D eigenvalue weighted by Gasteiger charge is 2.24. The summed E-state index contributed by atoms with van der Waals surface area (Å²) in [6.45, 7) is 2.49. The summed E-state index contributed by atoms with van der Waals surface area (Å²) in [5.41, 5.74) is 15.9. The van der Waals surface area contributed by atoms with Crippen LogP contribution in [0.5, 0.6) is 0 Å². The van der Waals surface area contributed by atoms with Gasteiger partial charge >= 0.3 is 0 Å². The Morgan fingerprint density at radius 2 is 2.07 bits per heavy atom. The minimum absolute atomic E-state index is 0.135. The van der Waals surface area contributed by atoms with E-state index in [1.54, 1.807) is 6.07 Å². The number of aromatic nitrogens is 1. The molecular formula is C20H27N5O3S. The van der Waals surface area contributed by atoms with Crippen molar-refractivity contribution in [3.05, 3.63) is 35.5 Å². The van der Waals surface area contributed by atoms with Gasteiger partial charge < -0.3 is 21.4 Å². The zero-order valence-electron chi connectivity index (χ0n) is 16.5. The van der Waals surface area contributed by atoms with Crippen molar-refractivity contribution < 1.29 is 13.2 Å². The van der Waals surface area contributed by atoms with Crippen LogP contribution in [0.25, 0.3) is 16.5 Å². The van der Waals surface area contributed by atoms with Crippen LogP contribution in [0.15, 0.2) is 24.3 Å². The van der Waals surface area contributed by atoms with Crippen molar-refractivity contribution in [1.29, 1.82) is 0 Å². The summed E-state index contributed by atoms with van der Waals surface area (Å²) >= 11 is 0. The van der Waals surface area contributed by atoms with Crippen molar-refractivity contribution in [2.24, 2.45) is 11.5 Å². The van der Waals surface area contributed by atoms with Gasteiger partial charge in [0.1, 0.15) is 0 Å². The van der Waals surface area contributed by atoms with E-state index in [-0.39, 0.29) is 6.04 Å². The van der Waals surface area contributed by atoms with E-state index in [4.69, 9.17) is 11.5 Å². The molecule has 1 atom stereocenters. The molecule has 0 bridgehead atoms. The number of primary amides is 1. The number of amides is 1. The first-order valence-electron chi connectivity index (χ1n) is 9.84. The Morgan fingerprint density at radius 3 is 2.69 bits per heavy atom. The number of H-pyrrole nitrogens is 1. The Balaban J connectivity index is 1.75. The number of hydrogen-bond acceptors (Lipinski definition) is 5. The van der Waals surface area contributed by atoms with Crippen molar-refractivity contribution in [2.45, 2.75) is 25.3 Å². The van der Waals surface area contributed by atoms with Crippen molar-refractivity contribution in [3.8, 4) is 0 Å². The molecule has 1 saturated heterocycles. The highest BCUT2D eigenvalue weighted by atomic mass is 32.2. The van der Waals surface area contributed by atoms with Crippen molar-refractivity contribution in [3.63, 3.8) is 0 Å². The lowest BCUT2D eigenvalue weighted by molar-refractivity contribution is 0.100. The number of rotatable bonds is 4. The number of aromatic amines is 1. The molecule has 1 amide bonds. The van der Waals surface area contributed by atoms with Gasteiger partial charge in [-0.05, 0) is 43.0 Å². The van der Waals surface area contributed by atoms with E-state index in [1.807, 2.05) is 18.2 Å². The highest BCUT2D eigenvalue weighted by Crippen LogP contribution is 2.34. The lowest BCUT2D eigenvalue weighted by Crippen LogP contribution is -2.42. The molecule has 3 heterocycles. The molecule has 0 aliphatic carbocycles. The molecule has 1 aromatic carbocycles. The second-order valence-corrected chi connectivity index (χ2v) is 9.90. The lowest BCUT2D eigenvalue weighted by Gasteiger charge is -2.33. The summed E-state index contributed by atoms with van der Waals surface area (Å²) < 4.78 is 25.0. The molecule has 2 aliphatic rings. The molecule has 0 unspecified atom stereocenters. The number of benzene rings is 1. The molecule has 4 rings (SSSR count). The number of fused-ring (bicyclic) bond motifs is 1. The molecule has 2 aliphatic heterocycles. The predicted octanol–water partition coefficient (Wildman–Crippen LogP) is 1.24. The Hall–Kier alpha value is -2.36. The number of carbonyl (C=O) groups excluding carboxylic acids is 1. The number of nitrogens with zero attached hydrogens (tertiary/aromatic N) is 2. The molecule has 9 heteroatoms. The summed E-state index contributed by atoms with van der Waals surface area (Å²) in [6, 6.07) is 5.88. The van der Waals surface area contributed by atoms with Gasteiger partial charge in [-0.1, -0.05) is 6.08 Å². The van der Waals surface area contributed by atoms with E-state index < -0.39 is 15.9 Å². The minimum Gasteiger partial charge on any atom is -0.369 e. The smallest absolute Gasteiger partial charge is 0.250 e. The molecule has 0 saturated carbocycles. The van der Waals surface area contributed by atoms with Crippen LogP contribution in [0.4, 0.5) is 5.69 Å². The van der Waals surface area contributed by atoms with Crippen LogP contribution in [0.3, 0.4) is 0 Å². The maximum absolute atomic E-state index is 12.0. The van der Waals surface area contributed by atoms with Crippen LogP contribution in [-0.2, 0) is 10.0 Å². The van der Waals surface area contributed by atoms with E-state index in [0.29, 0.717) is 25.1 Å². The van der Waals surface area contributed by atoms with Crippen molar-refractivity contribution in [2.75, 3.05) is 37.3 Å². The second kappa shape index (κ2) is 7.47. The molecular weight excluding hydrogens is 390 g/mol. The van der Waals surface area contributed by atoms with Crippen LogP contribution in [0.2, 0.25) is 0 Å². The van der Waals surface area contributed by atoms with Crippen LogP contribution in [0.1, 0.15) is 35.3 Å². The van der Waals surface area contributed by atoms with Gasteiger partial charge in [0.15, 0.2) is 0 Å². The summed E-state index contributed by atoms with van der Waals surface area (Å²) in [5, 5.41) is 0.942. The van der Waals surface area contributed by atoms with E-state index in [1.165, 1.54) is 10.6 Å². The molecule has 0 spiro atoms. The van der Waals surface area contributed by atoms with E-state index in [2.05, 4.69) is 9.88 Å². The highest BCUT2D eigenvalue weighted by molar-refractivity contribution is 7.88. The quantitative estimate of drug-likeness (QED) is 0.690. The predicted molar refractivity (Wildman–Crippen MR) is 115 cm³/mol. The third-order valence-corrected chi connectivity index (χ3v) is 7.09. The first-order valence-corrected chi connectivity index (χ1v) is 11.7. The van der Waals surface area contributed by atoms with Gasteiger partial charge in [-0.2, -0.15) is 4.31 Å². The molecule has 156 valence electrons. The third kappa shape index (κ3) is 3.90.